The zero-order valence-electron chi connectivity index (χ0n) is 14.0. The molecule has 0 bridgehead atoms. The molecule has 130 valence electrons. The molecule has 1 atom stereocenters. The number of hydrogen-bond donors (Lipinski definition) is 2. The minimum atomic E-state index is -1.09. The summed E-state index contributed by atoms with van der Waals surface area (Å²) in [4.78, 5) is 11.3. The first-order chi connectivity index (χ1) is 12.0. The van der Waals surface area contributed by atoms with Crippen molar-refractivity contribution in [2.24, 2.45) is 0 Å². The molecule has 0 fully saturated rings. The third-order valence-electron chi connectivity index (χ3n) is 4.15. The van der Waals surface area contributed by atoms with Crippen LogP contribution in [0, 0.1) is 0 Å². The molecule has 0 radical (unpaired) electrons. The Labute approximate surface area is 147 Å². The number of carboxylic acids is 1. The Balaban J connectivity index is 2.21. The molecule has 0 amide bonds. The number of aliphatic carboxylic acids is 1. The molecular formula is C21H22O4. The van der Waals surface area contributed by atoms with Gasteiger partial charge in [-0.1, -0.05) is 55.1 Å². The minimum Gasteiger partial charge on any atom is -0.512 e. The lowest BCUT2D eigenvalue weighted by Crippen LogP contribution is -2.31. The van der Waals surface area contributed by atoms with Gasteiger partial charge in [-0.2, -0.15) is 0 Å². The van der Waals surface area contributed by atoms with Crippen molar-refractivity contribution >= 4 is 5.97 Å². The molecule has 2 aromatic carbocycles. The first-order valence-corrected chi connectivity index (χ1v) is 7.96. The average molecular weight is 338 g/mol. The third-order valence-corrected chi connectivity index (χ3v) is 4.15. The number of aliphatic hydroxyl groups excluding tert-OH is 1. The molecule has 0 aliphatic carbocycles. The van der Waals surface area contributed by atoms with Crippen LogP contribution in [-0.2, 0) is 16.8 Å². The van der Waals surface area contributed by atoms with E-state index in [2.05, 4.69) is 13.2 Å². The fraction of sp³-hybridized carbons (Fsp3) is 0.190. The zero-order valence-corrected chi connectivity index (χ0v) is 14.0. The summed E-state index contributed by atoms with van der Waals surface area (Å²) in [7, 11) is 0. The van der Waals surface area contributed by atoms with Gasteiger partial charge in [-0.25, -0.2) is 0 Å². The zero-order chi connectivity index (χ0) is 18.3. The molecule has 25 heavy (non-hydrogen) atoms. The van der Waals surface area contributed by atoms with Crippen LogP contribution in [-0.4, -0.2) is 16.2 Å². The maximum atomic E-state index is 11.3. The van der Waals surface area contributed by atoms with Crippen molar-refractivity contribution < 1.29 is 19.7 Å². The van der Waals surface area contributed by atoms with Crippen LogP contribution in [0.15, 0.2) is 79.6 Å². The van der Waals surface area contributed by atoms with Crippen LogP contribution in [0.25, 0.3) is 0 Å². The number of ether oxygens (including phenoxy) is 1. The van der Waals surface area contributed by atoms with Crippen LogP contribution in [0.4, 0.5) is 0 Å². The number of benzene rings is 2. The maximum absolute atomic E-state index is 11.3. The molecule has 2 rings (SSSR count). The van der Waals surface area contributed by atoms with Gasteiger partial charge in [0.15, 0.2) is 0 Å². The smallest absolute Gasteiger partial charge is 0.304 e. The monoisotopic (exact) mass is 338 g/mol. The number of aliphatic hydroxyl groups is 1. The van der Waals surface area contributed by atoms with Gasteiger partial charge in [0.2, 0.25) is 0 Å². The predicted octanol–water partition coefficient (Wildman–Crippen LogP) is 4.63. The van der Waals surface area contributed by atoms with Gasteiger partial charge in [-0.3, -0.25) is 4.79 Å². The second kappa shape index (κ2) is 8.20. The molecule has 0 aromatic heterocycles. The molecule has 0 spiro atoms. The average Bonchev–Trinajstić information content (AvgIpc) is 2.60. The van der Waals surface area contributed by atoms with Gasteiger partial charge in [-0.05, 0) is 29.7 Å². The Morgan fingerprint density at radius 2 is 1.72 bits per heavy atom. The highest BCUT2D eigenvalue weighted by atomic mass is 16.5. The molecule has 0 aliphatic rings. The molecule has 2 N–H and O–H groups in total. The van der Waals surface area contributed by atoms with Gasteiger partial charge in [0, 0.05) is 0 Å². The molecule has 4 heteroatoms. The van der Waals surface area contributed by atoms with Crippen molar-refractivity contribution in [3.05, 3.63) is 90.7 Å². The van der Waals surface area contributed by atoms with Gasteiger partial charge < -0.3 is 14.9 Å². The van der Waals surface area contributed by atoms with Crippen LogP contribution in [0.3, 0.4) is 0 Å². The van der Waals surface area contributed by atoms with E-state index in [0.717, 1.165) is 5.56 Å². The molecule has 1 unspecified atom stereocenters. The number of hydrogen-bond acceptors (Lipinski definition) is 3. The highest BCUT2D eigenvalue weighted by Crippen LogP contribution is 2.38. The van der Waals surface area contributed by atoms with Crippen molar-refractivity contribution in [1.82, 2.24) is 0 Å². The van der Waals surface area contributed by atoms with Gasteiger partial charge >= 0.3 is 5.97 Å². The molecule has 0 heterocycles. The van der Waals surface area contributed by atoms with Gasteiger partial charge in [-0.15, -0.1) is 6.58 Å². The van der Waals surface area contributed by atoms with Crippen LogP contribution < -0.4 is 4.74 Å². The van der Waals surface area contributed by atoms with Crippen molar-refractivity contribution in [3.63, 3.8) is 0 Å². The van der Waals surface area contributed by atoms with E-state index >= 15 is 0 Å². The molecule has 0 aliphatic heterocycles. The lowest BCUT2D eigenvalue weighted by Gasteiger charge is -2.31. The largest absolute Gasteiger partial charge is 0.512 e. The van der Waals surface area contributed by atoms with Crippen LogP contribution in [0.5, 0.6) is 5.75 Å². The summed E-state index contributed by atoms with van der Waals surface area (Å²) < 4.78 is 5.74. The number of carbonyl (C=O) groups is 1. The molecule has 4 nitrogen and oxygen atoms in total. The Bertz CT molecular complexity index is 734. The normalized spacial score (nSPS) is 12.8. The summed E-state index contributed by atoms with van der Waals surface area (Å²) in [5.74, 6) is -0.534. The fourth-order valence-corrected chi connectivity index (χ4v) is 2.79. The van der Waals surface area contributed by atoms with E-state index in [1.165, 1.54) is 0 Å². The van der Waals surface area contributed by atoms with E-state index < -0.39 is 11.4 Å². The number of rotatable bonds is 9. The summed E-state index contributed by atoms with van der Waals surface area (Å²) in [6.45, 7) is 7.70. The van der Waals surface area contributed by atoms with Crippen molar-refractivity contribution in [3.8, 4) is 5.75 Å². The van der Waals surface area contributed by atoms with Crippen LogP contribution in [0.2, 0.25) is 0 Å². The first kappa shape index (κ1) is 18.3. The van der Waals surface area contributed by atoms with Gasteiger partial charge in [0.25, 0.3) is 0 Å². The van der Waals surface area contributed by atoms with Gasteiger partial charge in [0.05, 0.1) is 17.6 Å². The Morgan fingerprint density at radius 3 is 2.24 bits per heavy atom. The van der Waals surface area contributed by atoms with E-state index in [1.807, 2.05) is 30.3 Å². The van der Waals surface area contributed by atoms with Crippen molar-refractivity contribution in [2.75, 3.05) is 0 Å². The lowest BCUT2D eigenvalue weighted by molar-refractivity contribution is -0.138. The topological polar surface area (TPSA) is 66.8 Å². The summed E-state index contributed by atoms with van der Waals surface area (Å²) in [6, 6.07) is 16.8. The van der Waals surface area contributed by atoms with E-state index in [-0.39, 0.29) is 18.6 Å². The van der Waals surface area contributed by atoms with Crippen LogP contribution >= 0.6 is 0 Å². The SMILES string of the molecule is C=CCC(CC(=O)O)(C(=C)O)c1ccc(OCc2ccccc2)cc1. The highest BCUT2D eigenvalue weighted by molar-refractivity contribution is 5.70. The number of carboxylic acid groups (broad SMARTS) is 1. The summed E-state index contributed by atoms with van der Waals surface area (Å²) in [5.41, 5.74) is 0.627. The lowest BCUT2D eigenvalue weighted by atomic mass is 9.73. The third kappa shape index (κ3) is 4.51. The first-order valence-electron chi connectivity index (χ1n) is 7.96. The van der Waals surface area contributed by atoms with Crippen LogP contribution in [0.1, 0.15) is 24.0 Å². The summed E-state index contributed by atoms with van der Waals surface area (Å²) >= 11 is 0. The fourth-order valence-electron chi connectivity index (χ4n) is 2.79. The summed E-state index contributed by atoms with van der Waals surface area (Å²) in [6.07, 6.45) is 1.60. The Hall–Kier alpha value is -3.01. The predicted molar refractivity (Wildman–Crippen MR) is 97.7 cm³/mol. The second-order valence-electron chi connectivity index (χ2n) is 5.89. The molecule has 0 saturated carbocycles. The Kier molecular flexibility index (Phi) is 6.01. The van der Waals surface area contributed by atoms with E-state index in [9.17, 15) is 15.0 Å². The highest BCUT2D eigenvalue weighted by Gasteiger charge is 2.37. The quantitative estimate of drug-likeness (QED) is 0.517. The number of allylic oxidation sites excluding steroid dienone is 2. The standard InChI is InChI=1S/C21H22O4/c1-3-13-21(16(2)22,14-20(23)24)18-9-11-19(12-10-18)25-15-17-7-5-4-6-8-17/h3-12,22H,1-2,13-15H2,(H,23,24). The molecule has 2 aromatic rings. The van der Waals surface area contributed by atoms with E-state index in [4.69, 9.17) is 4.74 Å². The summed E-state index contributed by atoms with van der Waals surface area (Å²) in [5, 5.41) is 19.3. The minimum absolute atomic E-state index is 0.187. The van der Waals surface area contributed by atoms with E-state index in [1.54, 1.807) is 30.3 Å². The molecular weight excluding hydrogens is 316 g/mol. The van der Waals surface area contributed by atoms with Crippen molar-refractivity contribution in [1.29, 1.82) is 0 Å². The van der Waals surface area contributed by atoms with Gasteiger partial charge in [0.1, 0.15) is 12.4 Å². The molecule has 0 saturated heterocycles. The maximum Gasteiger partial charge on any atom is 0.304 e. The van der Waals surface area contributed by atoms with Crippen molar-refractivity contribution in [2.45, 2.75) is 24.9 Å². The van der Waals surface area contributed by atoms with E-state index in [0.29, 0.717) is 17.9 Å². The second-order valence-corrected chi connectivity index (χ2v) is 5.89. The Morgan fingerprint density at radius 1 is 1.08 bits per heavy atom.